The molecule has 2 aliphatic heterocycles. The van der Waals surface area contributed by atoms with Crippen molar-refractivity contribution in [1.82, 2.24) is 10.2 Å². The maximum absolute atomic E-state index is 11.9. The predicted octanol–water partition coefficient (Wildman–Crippen LogP) is 1.79. The van der Waals surface area contributed by atoms with Gasteiger partial charge >= 0.3 is 18.1 Å². The van der Waals surface area contributed by atoms with E-state index in [1.54, 1.807) is 0 Å². The zero-order chi connectivity index (χ0) is 18.2. The molecule has 0 spiro atoms. The second kappa shape index (κ2) is 9.83. The number of nitrogens with zero attached hydrogens (tertiary/aromatic N) is 1. The molecule has 24 heavy (non-hydrogen) atoms. The lowest BCUT2D eigenvalue weighted by Crippen LogP contribution is -2.51. The lowest BCUT2D eigenvalue weighted by atomic mass is 10.0. The minimum atomic E-state index is -5.08. The van der Waals surface area contributed by atoms with Crippen molar-refractivity contribution in [2.75, 3.05) is 26.7 Å². The van der Waals surface area contributed by atoms with Gasteiger partial charge in [0.15, 0.2) is 0 Å². The maximum atomic E-state index is 11.9. The van der Waals surface area contributed by atoms with Crippen molar-refractivity contribution in [1.29, 1.82) is 0 Å². The molecule has 6 nitrogen and oxygen atoms in total. The van der Waals surface area contributed by atoms with Crippen LogP contribution < -0.4 is 5.32 Å². The quantitative estimate of drug-likeness (QED) is 0.736. The Balaban J connectivity index is 0.000000351. The first-order chi connectivity index (χ1) is 11.3. The molecule has 2 fully saturated rings. The smallest absolute Gasteiger partial charge is 0.475 e. The van der Waals surface area contributed by atoms with E-state index in [1.165, 1.54) is 20.0 Å². The number of hydrogen-bond donors (Lipinski definition) is 2. The summed E-state index contributed by atoms with van der Waals surface area (Å²) < 4.78 is 36.7. The van der Waals surface area contributed by atoms with E-state index < -0.39 is 12.1 Å². The molecule has 0 aromatic carbocycles. The van der Waals surface area contributed by atoms with Crippen molar-refractivity contribution in [3.05, 3.63) is 0 Å². The third kappa shape index (κ3) is 6.64. The van der Waals surface area contributed by atoms with Gasteiger partial charge in [0, 0.05) is 6.04 Å². The molecule has 0 bridgehead atoms. The number of carbonyl (C=O) groups is 2. The van der Waals surface area contributed by atoms with Crippen LogP contribution in [0.4, 0.5) is 13.2 Å². The van der Waals surface area contributed by atoms with Crippen LogP contribution in [-0.4, -0.2) is 66.9 Å². The predicted molar refractivity (Wildman–Crippen MR) is 80.6 cm³/mol. The number of piperidine rings is 1. The normalized spacial score (nSPS) is 23.6. The molecule has 2 N–H and O–H groups in total. The van der Waals surface area contributed by atoms with Gasteiger partial charge in [-0.3, -0.25) is 9.69 Å². The van der Waals surface area contributed by atoms with E-state index in [-0.39, 0.29) is 12.0 Å². The molecule has 0 amide bonds. The van der Waals surface area contributed by atoms with Gasteiger partial charge in [-0.1, -0.05) is 12.8 Å². The van der Waals surface area contributed by atoms with Gasteiger partial charge in [0.05, 0.1) is 7.11 Å². The van der Waals surface area contributed by atoms with Crippen LogP contribution in [0.5, 0.6) is 0 Å². The van der Waals surface area contributed by atoms with Gasteiger partial charge in [-0.05, 0) is 45.3 Å². The minimum absolute atomic E-state index is 0.00519. The Kier molecular flexibility index (Phi) is 8.47. The summed E-state index contributed by atoms with van der Waals surface area (Å²) in [5.41, 5.74) is 0. The van der Waals surface area contributed by atoms with Crippen molar-refractivity contribution in [3.8, 4) is 0 Å². The SMILES string of the molecule is COC(=O)C1CCCCCN1C1CCNCC1.O=C(O)C(F)(F)F. The molecule has 2 saturated heterocycles. The molecular formula is C15H25F3N2O4. The number of likely N-dealkylation sites (tertiary alicyclic amines) is 1. The molecule has 1 unspecified atom stereocenters. The molecule has 9 heteroatoms. The fourth-order valence-electron chi connectivity index (χ4n) is 3.10. The molecule has 1 atom stereocenters. The molecule has 0 aromatic rings. The van der Waals surface area contributed by atoms with E-state index in [2.05, 4.69) is 10.2 Å². The number of ether oxygens (including phenoxy) is 1. The van der Waals surface area contributed by atoms with Gasteiger partial charge in [-0.25, -0.2) is 4.79 Å². The fourth-order valence-corrected chi connectivity index (χ4v) is 3.10. The highest BCUT2D eigenvalue weighted by molar-refractivity contribution is 5.75. The van der Waals surface area contributed by atoms with Gasteiger partial charge in [0.1, 0.15) is 6.04 Å². The maximum Gasteiger partial charge on any atom is 0.490 e. The number of methoxy groups -OCH3 is 1. The zero-order valence-electron chi connectivity index (χ0n) is 13.8. The molecule has 2 rings (SSSR count). The van der Waals surface area contributed by atoms with Gasteiger partial charge in [-0.2, -0.15) is 13.2 Å². The number of carbonyl (C=O) groups excluding carboxylic acids is 1. The van der Waals surface area contributed by atoms with E-state index in [4.69, 9.17) is 14.6 Å². The topological polar surface area (TPSA) is 78.9 Å². The highest BCUT2D eigenvalue weighted by Gasteiger charge is 2.38. The van der Waals surface area contributed by atoms with Crippen LogP contribution in [0.25, 0.3) is 0 Å². The number of aliphatic carboxylic acids is 1. The highest BCUT2D eigenvalue weighted by Crippen LogP contribution is 2.23. The van der Waals surface area contributed by atoms with Crippen LogP contribution in [0.2, 0.25) is 0 Å². The van der Waals surface area contributed by atoms with E-state index in [0.717, 1.165) is 45.3 Å². The van der Waals surface area contributed by atoms with E-state index in [1.807, 2.05) is 0 Å². The molecular weight excluding hydrogens is 329 g/mol. The Bertz CT molecular complexity index is 412. The number of rotatable bonds is 2. The van der Waals surface area contributed by atoms with E-state index in [9.17, 15) is 18.0 Å². The first-order valence-electron chi connectivity index (χ1n) is 8.11. The lowest BCUT2D eigenvalue weighted by Gasteiger charge is -2.37. The summed E-state index contributed by atoms with van der Waals surface area (Å²) in [6, 6.07) is 0.573. The molecule has 2 aliphatic rings. The van der Waals surface area contributed by atoms with Crippen LogP contribution in [0.15, 0.2) is 0 Å². The summed E-state index contributed by atoms with van der Waals surface area (Å²) in [6.45, 7) is 3.22. The summed E-state index contributed by atoms with van der Waals surface area (Å²) in [6.07, 6.45) is 1.82. The number of nitrogens with one attached hydrogen (secondary N) is 1. The molecule has 2 heterocycles. The Hall–Kier alpha value is -1.35. The van der Waals surface area contributed by atoms with Crippen molar-refractivity contribution < 1.29 is 32.6 Å². The van der Waals surface area contributed by atoms with E-state index >= 15 is 0 Å². The average molecular weight is 354 g/mol. The van der Waals surface area contributed by atoms with Crippen LogP contribution in [0.1, 0.15) is 38.5 Å². The average Bonchev–Trinajstić information content (AvgIpc) is 2.80. The summed E-state index contributed by atoms with van der Waals surface area (Å²) in [5, 5.41) is 10.5. The van der Waals surface area contributed by atoms with Gasteiger partial charge in [0.25, 0.3) is 0 Å². The van der Waals surface area contributed by atoms with Crippen molar-refractivity contribution in [2.24, 2.45) is 0 Å². The second-order valence-electron chi connectivity index (χ2n) is 5.91. The zero-order valence-corrected chi connectivity index (χ0v) is 13.8. The molecule has 0 aliphatic carbocycles. The van der Waals surface area contributed by atoms with Gasteiger partial charge < -0.3 is 15.2 Å². The fraction of sp³-hybridized carbons (Fsp3) is 0.867. The Labute approximate surface area is 139 Å². The Morgan fingerprint density at radius 1 is 1.12 bits per heavy atom. The molecule has 0 aromatic heterocycles. The third-order valence-electron chi connectivity index (χ3n) is 4.29. The summed E-state index contributed by atoms with van der Waals surface area (Å²) >= 11 is 0. The number of esters is 1. The monoisotopic (exact) mass is 354 g/mol. The molecule has 0 radical (unpaired) electrons. The van der Waals surface area contributed by atoms with Crippen molar-refractivity contribution >= 4 is 11.9 Å². The minimum Gasteiger partial charge on any atom is -0.475 e. The standard InChI is InChI=1S/C13H24N2O2.C2HF3O2/c1-17-13(16)12-5-3-2-4-10-15(12)11-6-8-14-9-7-11;3-2(4,5)1(6)7/h11-12,14H,2-10H2,1H3;(H,6,7). The highest BCUT2D eigenvalue weighted by atomic mass is 19.4. The number of alkyl halides is 3. The molecule has 0 saturated carbocycles. The van der Waals surface area contributed by atoms with Crippen molar-refractivity contribution in [2.45, 2.75) is 56.8 Å². The summed E-state index contributed by atoms with van der Waals surface area (Å²) in [4.78, 5) is 23.2. The third-order valence-corrected chi connectivity index (χ3v) is 4.29. The van der Waals surface area contributed by atoms with Crippen LogP contribution >= 0.6 is 0 Å². The van der Waals surface area contributed by atoms with Gasteiger partial charge in [0.2, 0.25) is 0 Å². The van der Waals surface area contributed by atoms with Crippen LogP contribution in [-0.2, 0) is 14.3 Å². The Morgan fingerprint density at radius 2 is 1.71 bits per heavy atom. The Morgan fingerprint density at radius 3 is 2.21 bits per heavy atom. The summed E-state index contributed by atoms with van der Waals surface area (Å²) in [5.74, 6) is -2.79. The number of carboxylic acid groups (broad SMARTS) is 1. The number of hydrogen-bond acceptors (Lipinski definition) is 5. The second-order valence-corrected chi connectivity index (χ2v) is 5.91. The lowest BCUT2D eigenvalue weighted by molar-refractivity contribution is -0.192. The van der Waals surface area contributed by atoms with Gasteiger partial charge in [-0.15, -0.1) is 0 Å². The first-order valence-corrected chi connectivity index (χ1v) is 8.11. The number of carboxylic acids is 1. The van der Waals surface area contributed by atoms with E-state index in [0.29, 0.717) is 6.04 Å². The molecule has 140 valence electrons. The largest absolute Gasteiger partial charge is 0.490 e. The van der Waals surface area contributed by atoms with Crippen LogP contribution in [0, 0.1) is 0 Å². The van der Waals surface area contributed by atoms with Crippen molar-refractivity contribution in [3.63, 3.8) is 0 Å². The first kappa shape index (κ1) is 20.7. The summed E-state index contributed by atoms with van der Waals surface area (Å²) in [7, 11) is 1.51. The van der Waals surface area contributed by atoms with Crippen LogP contribution in [0.3, 0.4) is 0 Å². The number of halogens is 3.